The molecule has 0 amide bonds. The maximum Gasteiger partial charge on any atom is 0.0629 e. The molecular formula is C24H21NS. The summed E-state index contributed by atoms with van der Waals surface area (Å²) in [5.74, 6) is 0. The molecule has 0 aliphatic rings. The fraction of sp³-hybridized carbons (Fsp3) is 0.125. The SMILES string of the molecule is C=C(N=C(C)Cc1ccccc1C)c1ccc2sc3ccccc3c2c1. The van der Waals surface area contributed by atoms with Gasteiger partial charge in [-0.2, -0.15) is 0 Å². The molecule has 4 rings (SSSR count). The highest BCUT2D eigenvalue weighted by Crippen LogP contribution is 2.35. The average Bonchev–Trinajstić information content (AvgIpc) is 3.01. The van der Waals surface area contributed by atoms with Gasteiger partial charge < -0.3 is 0 Å². The van der Waals surface area contributed by atoms with Gasteiger partial charge in [-0.05, 0) is 43.2 Å². The van der Waals surface area contributed by atoms with E-state index < -0.39 is 0 Å². The molecule has 1 aromatic heterocycles. The Morgan fingerprint density at radius 2 is 1.65 bits per heavy atom. The number of benzene rings is 3. The number of hydrogen-bond acceptors (Lipinski definition) is 2. The lowest BCUT2D eigenvalue weighted by Gasteiger charge is -2.07. The molecule has 1 heterocycles. The molecular weight excluding hydrogens is 334 g/mol. The Kier molecular flexibility index (Phi) is 4.44. The zero-order valence-electron chi connectivity index (χ0n) is 15.1. The standard InChI is InChI=1S/C24H21NS/c1-16-8-4-5-9-19(16)14-17(2)25-18(3)20-12-13-24-22(15-20)21-10-6-7-11-23(21)26-24/h4-13,15H,3,14H2,1-2H3. The molecule has 0 saturated carbocycles. The van der Waals surface area contributed by atoms with Gasteiger partial charge in [-0.3, -0.25) is 4.99 Å². The van der Waals surface area contributed by atoms with Gasteiger partial charge in [0.25, 0.3) is 0 Å². The van der Waals surface area contributed by atoms with Crippen LogP contribution in [-0.2, 0) is 6.42 Å². The lowest BCUT2D eigenvalue weighted by Crippen LogP contribution is -2.00. The van der Waals surface area contributed by atoms with E-state index in [0.717, 1.165) is 23.4 Å². The summed E-state index contributed by atoms with van der Waals surface area (Å²) in [6.45, 7) is 8.44. The first-order chi connectivity index (χ1) is 12.6. The van der Waals surface area contributed by atoms with Gasteiger partial charge >= 0.3 is 0 Å². The van der Waals surface area contributed by atoms with Gasteiger partial charge in [0.15, 0.2) is 0 Å². The van der Waals surface area contributed by atoms with E-state index in [9.17, 15) is 0 Å². The van der Waals surface area contributed by atoms with Crippen LogP contribution in [-0.4, -0.2) is 5.71 Å². The minimum absolute atomic E-state index is 0.827. The second-order valence-electron chi connectivity index (χ2n) is 6.71. The zero-order valence-corrected chi connectivity index (χ0v) is 15.9. The molecule has 128 valence electrons. The van der Waals surface area contributed by atoms with Crippen LogP contribution in [0.5, 0.6) is 0 Å². The van der Waals surface area contributed by atoms with Gasteiger partial charge in [0.05, 0.1) is 5.70 Å². The maximum absolute atomic E-state index is 4.78. The van der Waals surface area contributed by atoms with Crippen molar-refractivity contribution in [2.45, 2.75) is 20.3 Å². The predicted octanol–water partition coefficient (Wildman–Crippen LogP) is 7.04. The Bertz CT molecular complexity index is 1150. The Morgan fingerprint density at radius 1 is 0.923 bits per heavy atom. The summed E-state index contributed by atoms with van der Waals surface area (Å²) in [7, 11) is 0. The molecule has 0 N–H and O–H groups in total. The van der Waals surface area contributed by atoms with Gasteiger partial charge in [0.2, 0.25) is 0 Å². The van der Waals surface area contributed by atoms with Crippen LogP contribution >= 0.6 is 11.3 Å². The van der Waals surface area contributed by atoms with Gasteiger partial charge in [0.1, 0.15) is 0 Å². The van der Waals surface area contributed by atoms with Crippen LogP contribution < -0.4 is 0 Å². The van der Waals surface area contributed by atoms with E-state index in [1.807, 2.05) is 11.3 Å². The molecule has 0 atom stereocenters. The quantitative estimate of drug-likeness (QED) is 0.348. The van der Waals surface area contributed by atoms with Crippen molar-refractivity contribution < 1.29 is 0 Å². The van der Waals surface area contributed by atoms with Crippen LogP contribution in [0.25, 0.3) is 25.9 Å². The van der Waals surface area contributed by atoms with E-state index in [1.54, 1.807) is 0 Å². The van der Waals surface area contributed by atoms with Crippen molar-refractivity contribution in [1.29, 1.82) is 0 Å². The lowest BCUT2D eigenvalue weighted by molar-refractivity contribution is 1.24. The smallest absolute Gasteiger partial charge is 0.0629 e. The molecule has 0 radical (unpaired) electrons. The highest BCUT2D eigenvalue weighted by atomic mass is 32.1. The number of aliphatic imine (C=N–C) groups is 1. The van der Waals surface area contributed by atoms with E-state index in [0.29, 0.717) is 0 Å². The number of fused-ring (bicyclic) bond motifs is 3. The minimum Gasteiger partial charge on any atom is -0.258 e. The Balaban J connectivity index is 1.65. The van der Waals surface area contributed by atoms with Crippen LogP contribution in [0.3, 0.4) is 0 Å². The minimum atomic E-state index is 0.827. The average molecular weight is 356 g/mol. The first kappa shape index (κ1) is 16.7. The first-order valence-electron chi connectivity index (χ1n) is 8.81. The molecule has 0 saturated heterocycles. The largest absolute Gasteiger partial charge is 0.258 e. The summed E-state index contributed by atoms with van der Waals surface area (Å²) in [5.41, 5.74) is 5.62. The van der Waals surface area contributed by atoms with Gasteiger partial charge in [-0.15, -0.1) is 11.3 Å². The number of nitrogens with zero attached hydrogens (tertiary/aromatic N) is 1. The maximum atomic E-state index is 4.78. The van der Waals surface area contributed by atoms with Crippen molar-refractivity contribution >= 4 is 42.9 Å². The summed E-state index contributed by atoms with van der Waals surface area (Å²) in [6.07, 6.45) is 0.856. The Hall–Kier alpha value is -2.71. The molecule has 4 aromatic rings. The van der Waals surface area contributed by atoms with Gasteiger partial charge in [-0.1, -0.05) is 55.1 Å². The molecule has 26 heavy (non-hydrogen) atoms. The third-order valence-corrected chi connectivity index (χ3v) is 5.90. The summed E-state index contributed by atoms with van der Waals surface area (Å²) in [5, 5.41) is 2.60. The van der Waals surface area contributed by atoms with Gasteiger partial charge in [-0.25, -0.2) is 0 Å². The second-order valence-corrected chi connectivity index (χ2v) is 7.79. The van der Waals surface area contributed by atoms with E-state index in [2.05, 4.69) is 87.2 Å². The molecule has 0 fully saturated rings. The van der Waals surface area contributed by atoms with Gasteiger partial charge in [0, 0.05) is 37.9 Å². The number of rotatable bonds is 4. The van der Waals surface area contributed by atoms with E-state index in [4.69, 9.17) is 4.99 Å². The normalized spacial score (nSPS) is 12.0. The van der Waals surface area contributed by atoms with Crippen molar-refractivity contribution in [2.75, 3.05) is 0 Å². The third kappa shape index (κ3) is 3.21. The summed E-state index contributed by atoms with van der Waals surface area (Å²) < 4.78 is 2.63. The zero-order chi connectivity index (χ0) is 18.1. The first-order valence-corrected chi connectivity index (χ1v) is 9.63. The highest BCUT2D eigenvalue weighted by molar-refractivity contribution is 7.25. The Morgan fingerprint density at radius 3 is 2.50 bits per heavy atom. The van der Waals surface area contributed by atoms with Crippen molar-refractivity contribution in [1.82, 2.24) is 0 Å². The Labute approximate surface area is 158 Å². The van der Waals surface area contributed by atoms with Crippen molar-refractivity contribution in [2.24, 2.45) is 4.99 Å². The monoisotopic (exact) mass is 355 g/mol. The molecule has 0 aliphatic heterocycles. The van der Waals surface area contributed by atoms with Crippen LogP contribution in [0.1, 0.15) is 23.6 Å². The molecule has 3 aromatic carbocycles. The van der Waals surface area contributed by atoms with E-state index in [1.165, 1.54) is 31.3 Å². The molecule has 0 unspecified atom stereocenters. The van der Waals surface area contributed by atoms with Crippen LogP contribution in [0.2, 0.25) is 0 Å². The number of hydrogen-bond donors (Lipinski definition) is 0. The van der Waals surface area contributed by atoms with E-state index >= 15 is 0 Å². The topological polar surface area (TPSA) is 12.4 Å². The molecule has 0 aliphatic carbocycles. The summed E-state index contributed by atoms with van der Waals surface area (Å²) >= 11 is 1.83. The second kappa shape index (κ2) is 6.89. The van der Waals surface area contributed by atoms with Crippen molar-refractivity contribution in [3.63, 3.8) is 0 Å². The molecule has 1 nitrogen and oxygen atoms in total. The molecule has 2 heteroatoms. The van der Waals surface area contributed by atoms with Crippen LogP contribution in [0.4, 0.5) is 0 Å². The lowest BCUT2D eigenvalue weighted by atomic mass is 10.0. The van der Waals surface area contributed by atoms with Crippen LogP contribution in [0.15, 0.2) is 78.3 Å². The predicted molar refractivity (Wildman–Crippen MR) is 116 cm³/mol. The fourth-order valence-electron chi connectivity index (χ4n) is 3.32. The van der Waals surface area contributed by atoms with E-state index in [-0.39, 0.29) is 0 Å². The number of aryl methyl sites for hydroxylation is 1. The van der Waals surface area contributed by atoms with Crippen molar-refractivity contribution in [3.05, 3.63) is 90.0 Å². The summed E-state index contributed by atoms with van der Waals surface area (Å²) in [4.78, 5) is 4.78. The van der Waals surface area contributed by atoms with Crippen molar-refractivity contribution in [3.8, 4) is 0 Å². The van der Waals surface area contributed by atoms with Crippen LogP contribution in [0, 0.1) is 6.92 Å². The number of thiophene rings is 1. The molecule has 0 bridgehead atoms. The summed E-state index contributed by atoms with van der Waals surface area (Å²) in [6, 6.07) is 23.6. The third-order valence-electron chi connectivity index (χ3n) is 4.74. The highest BCUT2D eigenvalue weighted by Gasteiger charge is 2.07. The fourth-order valence-corrected chi connectivity index (χ4v) is 4.41. The molecule has 0 spiro atoms.